The van der Waals surface area contributed by atoms with Crippen molar-refractivity contribution in [3.63, 3.8) is 0 Å². The lowest BCUT2D eigenvalue weighted by Gasteiger charge is -2.18. The molecule has 9 heteroatoms. The Bertz CT molecular complexity index is 5740. The van der Waals surface area contributed by atoms with Gasteiger partial charge in [0.2, 0.25) is 0 Å². The lowest BCUT2D eigenvalue weighted by Crippen LogP contribution is -2.08. The fraction of sp³-hybridized carbons (Fsp3) is 0.0120. The highest BCUT2D eigenvalue weighted by Crippen LogP contribution is 2.43. The lowest BCUT2D eigenvalue weighted by molar-refractivity contribution is 0.997. The van der Waals surface area contributed by atoms with Crippen molar-refractivity contribution in [1.29, 1.82) is 0 Å². The van der Waals surface area contributed by atoms with E-state index in [9.17, 15) is 0 Å². The summed E-state index contributed by atoms with van der Waals surface area (Å²) in [5.74, 6) is 3.32. The van der Waals surface area contributed by atoms with Crippen LogP contribution >= 0.6 is 0 Å². The fourth-order valence-electron chi connectivity index (χ4n) is 14.2. The van der Waals surface area contributed by atoms with Gasteiger partial charge < -0.3 is 14.8 Å². The number of aromatic nitrogens is 7. The summed E-state index contributed by atoms with van der Waals surface area (Å²) in [6.07, 6.45) is 0. The molecule has 0 radical (unpaired) electrons. The van der Waals surface area contributed by atoms with Crippen LogP contribution in [0.15, 0.2) is 322 Å². The maximum absolute atomic E-state index is 5.72. The van der Waals surface area contributed by atoms with Gasteiger partial charge in [0, 0.05) is 95.8 Å². The van der Waals surface area contributed by atoms with Crippen molar-refractivity contribution < 1.29 is 0 Å². The van der Waals surface area contributed by atoms with Crippen molar-refractivity contribution in [1.82, 2.24) is 32.8 Å². The van der Waals surface area contributed by atoms with Gasteiger partial charge in [-0.2, -0.15) is 0 Å². The summed E-state index contributed by atoms with van der Waals surface area (Å²) in [5.41, 5.74) is 16.3. The maximum atomic E-state index is 5.72. The predicted octanol–water partition coefficient (Wildman–Crippen LogP) is 21.2. The van der Waals surface area contributed by atoms with Gasteiger partial charge in [-0.25, -0.2) is 9.97 Å². The van der Waals surface area contributed by atoms with E-state index in [0.717, 1.165) is 117 Å². The quantitative estimate of drug-likeness (QED) is 0.156. The molecule has 19 rings (SSSR count). The van der Waals surface area contributed by atoms with E-state index in [4.69, 9.17) is 9.97 Å². The molecule has 0 aliphatic rings. The van der Waals surface area contributed by atoms with Crippen molar-refractivity contribution in [2.75, 3.05) is 17.3 Å². The average Bonchev–Trinajstić information content (AvgIpc) is 1.81. The van der Waals surface area contributed by atoms with Crippen LogP contribution < -0.4 is 10.2 Å². The van der Waals surface area contributed by atoms with Gasteiger partial charge in [0.25, 0.3) is 0 Å². The number of pyridine rings is 2. The molecule has 7 heterocycles. The largest absolute Gasteiger partial charge is 0.355 e. The maximum Gasteiger partial charge on any atom is 0.142 e. The third-order valence-corrected chi connectivity index (χ3v) is 18.3. The number of hydrogen-bond acceptors (Lipinski definition) is 4. The van der Waals surface area contributed by atoms with Crippen LogP contribution in [0.4, 0.5) is 22.7 Å². The standard InChI is InChI=1S/C70H44N8.C13H13N/c1-2-19-44(20-3-1)71-45-37-38-54-56-42-55-53-27-10-11-28-57(53)74(65(55)43-66(56)78(64(54)39-45)68-36-18-35-67(72-68)75-58-29-12-4-21-47(58)48-22-5-13-30-59(48)75)46-40-69(76-60-31-14-6-23-49(60)50-24-7-15-32-61(50)76)73-70(41-46)77-62-33-16-8-25-51(62)52-26-9-17-34-63(52)77;1-14(12-8-4-2-5-9-12)13-10-6-3-7-11-13/h1-43,71H;2-11H,1H3. The average molecular weight is 1180 g/mol. The van der Waals surface area contributed by atoms with Crippen LogP contribution in [0.2, 0.25) is 0 Å². The zero-order valence-electron chi connectivity index (χ0n) is 50.2. The molecular weight excluding hydrogens is 1120 g/mol. The van der Waals surface area contributed by atoms with E-state index in [1.165, 1.54) is 43.7 Å². The summed E-state index contributed by atoms with van der Waals surface area (Å²) in [4.78, 5) is 13.5. The smallest absolute Gasteiger partial charge is 0.142 e. The molecule has 0 spiro atoms. The zero-order valence-corrected chi connectivity index (χ0v) is 50.2. The number of nitrogens with zero attached hydrogens (tertiary/aromatic N) is 8. The van der Waals surface area contributed by atoms with Crippen LogP contribution in [0.5, 0.6) is 0 Å². The highest BCUT2D eigenvalue weighted by atomic mass is 15.2. The Labute approximate surface area is 529 Å². The van der Waals surface area contributed by atoms with Crippen LogP contribution in [0, 0.1) is 0 Å². The molecule has 0 atom stereocenters. The van der Waals surface area contributed by atoms with Gasteiger partial charge in [0.15, 0.2) is 0 Å². The van der Waals surface area contributed by atoms with Gasteiger partial charge >= 0.3 is 0 Å². The molecule has 0 aliphatic carbocycles. The van der Waals surface area contributed by atoms with Crippen LogP contribution in [-0.2, 0) is 0 Å². The third-order valence-electron chi connectivity index (χ3n) is 18.3. The van der Waals surface area contributed by atoms with E-state index >= 15 is 0 Å². The predicted molar refractivity (Wildman–Crippen MR) is 384 cm³/mol. The van der Waals surface area contributed by atoms with Crippen LogP contribution in [0.1, 0.15) is 0 Å². The molecule has 19 aromatic rings. The Kier molecular flexibility index (Phi) is 12.2. The van der Waals surface area contributed by atoms with Crippen LogP contribution in [-0.4, -0.2) is 39.9 Å². The minimum atomic E-state index is 0.819. The monoisotopic (exact) mass is 1180 g/mol. The molecule has 1 N–H and O–H groups in total. The van der Waals surface area contributed by atoms with E-state index < -0.39 is 0 Å². The van der Waals surface area contributed by atoms with Gasteiger partial charge in [-0.1, -0.05) is 194 Å². The van der Waals surface area contributed by atoms with Gasteiger partial charge in [0.1, 0.15) is 23.3 Å². The zero-order chi connectivity index (χ0) is 60.8. The van der Waals surface area contributed by atoms with E-state index in [0.29, 0.717) is 0 Å². The molecule has 7 aromatic heterocycles. The molecule has 12 aromatic carbocycles. The third kappa shape index (κ3) is 8.47. The topological polar surface area (TPSA) is 65.7 Å². The first kappa shape index (κ1) is 52.6. The summed E-state index contributed by atoms with van der Waals surface area (Å²) in [6, 6.07) is 114. The second-order valence-electron chi connectivity index (χ2n) is 23.5. The number of anilines is 4. The Balaban J connectivity index is 0.000000396. The van der Waals surface area contributed by atoms with Crippen molar-refractivity contribution >= 4 is 132 Å². The summed E-state index contributed by atoms with van der Waals surface area (Å²) < 4.78 is 11.8. The van der Waals surface area contributed by atoms with E-state index in [2.05, 4.69) is 343 Å². The highest BCUT2D eigenvalue weighted by molar-refractivity contribution is 6.20. The fourth-order valence-corrected chi connectivity index (χ4v) is 14.2. The molecule has 0 bridgehead atoms. The Morgan fingerprint density at radius 3 is 0.978 bits per heavy atom. The summed E-state index contributed by atoms with van der Waals surface area (Å²) in [5, 5.41) is 15.4. The lowest BCUT2D eigenvalue weighted by atomic mass is 10.1. The second-order valence-corrected chi connectivity index (χ2v) is 23.5. The minimum absolute atomic E-state index is 0.819. The first-order chi connectivity index (χ1) is 45.6. The number of fused-ring (bicyclic) bond motifs is 15. The Morgan fingerprint density at radius 2 is 0.543 bits per heavy atom. The first-order valence-corrected chi connectivity index (χ1v) is 31.2. The second kappa shape index (κ2) is 21.4. The molecule has 0 unspecified atom stereocenters. The summed E-state index contributed by atoms with van der Waals surface area (Å²) >= 11 is 0. The molecule has 0 saturated carbocycles. The Hall–Kier alpha value is -12.5. The van der Waals surface area contributed by atoms with Gasteiger partial charge in [-0.05, 0) is 115 Å². The van der Waals surface area contributed by atoms with Crippen molar-refractivity contribution in [3.8, 4) is 29.0 Å². The number of nitrogens with one attached hydrogen (secondary N) is 1. The number of para-hydroxylation sites is 10. The SMILES string of the molecule is CN(c1ccccc1)c1ccccc1.c1ccc(Nc2ccc3c4cc5c6ccccc6n(-c6cc(-n7c8ccccc8c8ccccc87)nc(-n7c8ccccc8c8ccccc87)c6)c5cc4n(-c4cccc(-n5c6ccccc6c6ccccc65)n4)c3c2)cc1. The molecule has 0 aliphatic heterocycles. The van der Waals surface area contributed by atoms with Crippen molar-refractivity contribution in [3.05, 3.63) is 322 Å². The normalized spacial score (nSPS) is 11.8. The minimum Gasteiger partial charge on any atom is -0.355 e. The highest BCUT2D eigenvalue weighted by Gasteiger charge is 2.24. The van der Waals surface area contributed by atoms with Crippen LogP contribution in [0.3, 0.4) is 0 Å². The molecule has 0 fully saturated rings. The van der Waals surface area contributed by atoms with Gasteiger partial charge in [0.05, 0.1) is 60.9 Å². The molecule has 92 heavy (non-hydrogen) atoms. The summed E-state index contributed by atoms with van der Waals surface area (Å²) in [6.45, 7) is 0. The van der Waals surface area contributed by atoms with Gasteiger partial charge in [-0.15, -0.1) is 0 Å². The number of benzene rings is 12. The molecule has 434 valence electrons. The van der Waals surface area contributed by atoms with Crippen molar-refractivity contribution in [2.45, 2.75) is 0 Å². The van der Waals surface area contributed by atoms with E-state index in [-0.39, 0.29) is 0 Å². The Morgan fingerprint density at radius 1 is 0.228 bits per heavy atom. The number of rotatable bonds is 9. The number of hydrogen-bond donors (Lipinski definition) is 1. The van der Waals surface area contributed by atoms with Crippen molar-refractivity contribution in [2.24, 2.45) is 0 Å². The molecule has 9 nitrogen and oxygen atoms in total. The molecule has 0 amide bonds. The van der Waals surface area contributed by atoms with E-state index in [1.807, 2.05) is 18.2 Å². The molecular formula is C83H57N9. The van der Waals surface area contributed by atoms with Gasteiger partial charge in [-0.3, -0.25) is 18.3 Å². The van der Waals surface area contributed by atoms with E-state index in [1.54, 1.807) is 0 Å². The summed E-state index contributed by atoms with van der Waals surface area (Å²) in [7, 11) is 2.07. The first-order valence-electron chi connectivity index (χ1n) is 31.2. The molecule has 0 saturated heterocycles. The van der Waals surface area contributed by atoms with Crippen LogP contribution in [0.25, 0.3) is 138 Å².